The van der Waals surface area contributed by atoms with E-state index in [0.717, 1.165) is 0 Å². The van der Waals surface area contributed by atoms with Crippen LogP contribution in [0.15, 0.2) is 0 Å². The van der Waals surface area contributed by atoms with Crippen LogP contribution in [0.3, 0.4) is 0 Å². The first-order valence-electron chi connectivity index (χ1n) is 5.56. The molecule has 0 aromatic carbocycles. The van der Waals surface area contributed by atoms with Crippen LogP contribution in [0.25, 0.3) is 0 Å². The summed E-state index contributed by atoms with van der Waals surface area (Å²) in [6, 6.07) is 2.10. The lowest BCUT2D eigenvalue weighted by Crippen LogP contribution is -2.44. The zero-order chi connectivity index (χ0) is 12.0. The molecular formula is C11H18N2O3. The fourth-order valence-electron chi connectivity index (χ4n) is 1.67. The highest BCUT2D eigenvalue weighted by Gasteiger charge is 2.40. The molecule has 1 amide bonds. The van der Waals surface area contributed by atoms with Crippen molar-refractivity contribution in [2.75, 3.05) is 19.8 Å². The summed E-state index contributed by atoms with van der Waals surface area (Å²) in [7, 11) is 0. The fourth-order valence-corrected chi connectivity index (χ4v) is 1.67. The Bertz CT molecular complexity index is 277. The highest BCUT2D eigenvalue weighted by molar-refractivity contribution is 5.85. The van der Waals surface area contributed by atoms with Crippen LogP contribution < -0.4 is 5.32 Å². The Morgan fingerprint density at radius 3 is 2.75 bits per heavy atom. The smallest absolute Gasteiger partial charge is 0.240 e. The summed E-state index contributed by atoms with van der Waals surface area (Å²) < 4.78 is 5.15. The Labute approximate surface area is 95.4 Å². The van der Waals surface area contributed by atoms with Crippen molar-refractivity contribution >= 4 is 5.91 Å². The number of hydrogen-bond donors (Lipinski definition) is 2. The molecule has 1 fully saturated rings. The number of nitrogens with zero attached hydrogens (tertiary/aromatic N) is 1. The lowest BCUT2D eigenvalue weighted by molar-refractivity contribution is -0.132. The molecule has 0 saturated carbocycles. The highest BCUT2D eigenvalue weighted by atomic mass is 16.5. The molecule has 16 heavy (non-hydrogen) atoms. The maximum atomic E-state index is 11.9. The average molecular weight is 226 g/mol. The van der Waals surface area contributed by atoms with Crippen LogP contribution in [0, 0.1) is 16.7 Å². The number of carbonyl (C=O) groups is 1. The number of hydrogen-bond acceptors (Lipinski definition) is 4. The SMILES string of the molecule is CC(O)CCNC(=O)C1(C#N)CCOCC1. The van der Waals surface area contributed by atoms with Crippen molar-refractivity contribution in [3.8, 4) is 6.07 Å². The number of ether oxygens (including phenoxy) is 1. The Kier molecular flexibility index (Phi) is 4.71. The number of nitriles is 1. The van der Waals surface area contributed by atoms with Gasteiger partial charge in [-0.2, -0.15) is 5.26 Å². The molecule has 0 aromatic rings. The zero-order valence-electron chi connectivity index (χ0n) is 9.53. The Hall–Kier alpha value is -1.12. The van der Waals surface area contributed by atoms with Crippen molar-refractivity contribution in [3.63, 3.8) is 0 Å². The molecule has 1 saturated heterocycles. The minimum absolute atomic E-state index is 0.237. The molecule has 90 valence electrons. The van der Waals surface area contributed by atoms with Gasteiger partial charge in [0.1, 0.15) is 5.41 Å². The van der Waals surface area contributed by atoms with Crippen LogP contribution in [-0.2, 0) is 9.53 Å². The molecule has 2 N–H and O–H groups in total. The monoisotopic (exact) mass is 226 g/mol. The van der Waals surface area contributed by atoms with Crippen molar-refractivity contribution in [1.29, 1.82) is 5.26 Å². The van der Waals surface area contributed by atoms with Gasteiger partial charge in [-0.3, -0.25) is 4.79 Å². The average Bonchev–Trinajstić information content (AvgIpc) is 2.29. The molecule has 1 aliphatic rings. The first-order chi connectivity index (χ1) is 7.60. The lowest BCUT2D eigenvalue weighted by Gasteiger charge is -2.29. The van der Waals surface area contributed by atoms with Gasteiger partial charge in [-0.1, -0.05) is 0 Å². The van der Waals surface area contributed by atoms with Crippen molar-refractivity contribution in [1.82, 2.24) is 5.32 Å². The zero-order valence-corrected chi connectivity index (χ0v) is 9.53. The second-order valence-corrected chi connectivity index (χ2v) is 4.20. The number of carbonyl (C=O) groups excluding carboxylic acids is 1. The van der Waals surface area contributed by atoms with Gasteiger partial charge in [0.2, 0.25) is 5.91 Å². The van der Waals surface area contributed by atoms with E-state index in [1.807, 2.05) is 0 Å². The van der Waals surface area contributed by atoms with Crippen molar-refractivity contribution in [3.05, 3.63) is 0 Å². The van der Waals surface area contributed by atoms with Crippen LogP contribution in [0.5, 0.6) is 0 Å². The molecule has 0 radical (unpaired) electrons. The summed E-state index contributed by atoms with van der Waals surface area (Å²) in [5.74, 6) is -0.237. The number of nitrogens with one attached hydrogen (secondary N) is 1. The third-order valence-electron chi connectivity index (χ3n) is 2.84. The third-order valence-corrected chi connectivity index (χ3v) is 2.84. The van der Waals surface area contributed by atoms with Gasteiger partial charge in [-0.25, -0.2) is 0 Å². The van der Waals surface area contributed by atoms with Gasteiger partial charge >= 0.3 is 0 Å². The maximum absolute atomic E-state index is 11.9. The molecule has 1 unspecified atom stereocenters. The van der Waals surface area contributed by atoms with E-state index >= 15 is 0 Å². The molecule has 1 rings (SSSR count). The van der Waals surface area contributed by atoms with Gasteiger partial charge in [0.25, 0.3) is 0 Å². The largest absolute Gasteiger partial charge is 0.393 e. The third kappa shape index (κ3) is 3.19. The summed E-state index contributed by atoms with van der Waals surface area (Å²) in [4.78, 5) is 11.9. The van der Waals surface area contributed by atoms with E-state index in [1.54, 1.807) is 6.92 Å². The van der Waals surface area contributed by atoms with Crippen molar-refractivity contribution in [2.24, 2.45) is 5.41 Å². The number of aliphatic hydroxyl groups excluding tert-OH is 1. The van der Waals surface area contributed by atoms with Crippen LogP contribution in [0.4, 0.5) is 0 Å². The van der Waals surface area contributed by atoms with Gasteiger partial charge in [-0.15, -0.1) is 0 Å². The van der Waals surface area contributed by atoms with Crippen LogP contribution in [-0.4, -0.2) is 36.9 Å². The summed E-state index contributed by atoms with van der Waals surface area (Å²) in [6.07, 6.45) is 0.964. The van der Waals surface area contributed by atoms with Gasteiger partial charge in [0, 0.05) is 19.8 Å². The maximum Gasteiger partial charge on any atom is 0.240 e. The summed E-state index contributed by atoms with van der Waals surface area (Å²) in [5, 5.41) is 20.9. The van der Waals surface area contributed by atoms with Crippen molar-refractivity contribution in [2.45, 2.75) is 32.3 Å². The summed E-state index contributed by atoms with van der Waals surface area (Å²) in [5.41, 5.74) is -0.934. The molecule has 0 aromatic heterocycles. The molecule has 5 nitrogen and oxygen atoms in total. The fraction of sp³-hybridized carbons (Fsp3) is 0.818. The lowest BCUT2D eigenvalue weighted by atomic mass is 9.81. The summed E-state index contributed by atoms with van der Waals surface area (Å²) >= 11 is 0. The normalized spacial score (nSPS) is 20.8. The Morgan fingerprint density at radius 1 is 1.62 bits per heavy atom. The molecule has 0 spiro atoms. The second-order valence-electron chi connectivity index (χ2n) is 4.20. The van der Waals surface area contributed by atoms with Gasteiger partial charge < -0.3 is 15.2 Å². The quantitative estimate of drug-likeness (QED) is 0.717. The van der Waals surface area contributed by atoms with Crippen LogP contribution in [0.2, 0.25) is 0 Å². The van der Waals surface area contributed by atoms with E-state index in [1.165, 1.54) is 0 Å². The standard InChI is InChI=1S/C11H18N2O3/c1-9(14)2-5-13-10(15)11(8-12)3-6-16-7-4-11/h9,14H,2-7H2,1H3,(H,13,15). The minimum atomic E-state index is -0.934. The molecule has 0 bridgehead atoms. The number of aliphatic hydroxyl groups is 1. The Morgan fingerprint density at radius 2 is 2.25 bits per heavy atom. The van der Waals surface area contributed by atoms with Gasteiger partial charge in [0.15, 0.2) is 0 Å². The van der Waals surface area contributed by atoms with Gasteiger partial charge in [0.05, 0.1) is 12.2 Å². The van der Waals surface area contributed by atoms with E-state index in [2.05, 4.69) is 11.4 Å². The van der Waals surface area contributed by atoms with E-state index in [9.17, 15) is 4.79 Å². The first-order valence-corrected chi connectivity index (χ1v) is 5.56. The van der Waals surface area contributed by atoms with E-state index in [-0.39, 0.29) is 5.91 Å². The van der Waals surface area contributed by atoms with E-state index in [0.29, 0.717) is 39.0 Å². The minimum Gasteiger partial charge on any atom is -0.393 e. The van der Waals surface area contributed by atoms with Crippen LogP contribution in [0.1, 0.15) is 26.2 Å². The number of rotatable bonds is 4. The molecular weight excluding hydrogens is 208 g/mol. The predicted octanol–water partition coefficient (Wildman–Crippen LogP) is 0.194. The van der Waals surface area contributed by atoms with E-state index in [4.69, 9.17) is 15.1 Å². The molecule has 1 aliphatic heterocycles. The van der Waals surface area contributed by atoms with Crippen molar-refractivity contribution < 1.29 is 14.6 Å². The second kappa shape index (κ2) is 5.83. The highest BCUT2D eigenvalue weighted by Crippen LogP contribution is 2.29. The van der Waals surface area contributed by atoms with E-state index < -0.39 is 11.5 Å². The predicted molar refractivity (Wildman–Crippen MR) is 57.4 cm³/mol. The summed E-state index contributed by atoms with van der Waals surface area (Å²) in [6.45, 7) is 2.98. The first kappa shape index (κ1) is 12.9. The number of amides is 1. The molecule has 5 heteroatoms. The van der Waals surface area contributed by atoms with Crippen LogP contribution >= 0.6 is 0 Å². The molecule has 0 aliphatic carbocycles. The molecule has 1 atom stereocenters. The van der Waals surface area contributed by atoms with Gasteiger partial charge in [-0.05, 0) is 26.2 Å². The Balaban J connectivity index is 2.46. The topological polar surface area (TPSA) is 82.4 Å². The molecule has 1 heterocycles.